The van der Waals surface area contributed by atoms with Crippen molar-refractivity contribution in [3.05, 3.63) is 29.3 Å². The molecule has 0 radical (unpaired) electrons. The molecule has 5 nitrogen and oxygen atoms in total. The monoisotopic (exact) mass is 366 g/mol. The van der Waals surface area contributed by atoms with Crippen molar-refractivity contribution < 1.29 is 13.2 Å². The first kappa shape index (κ1) is 18.8. The molecule has 1 aliphatic heterocycles. The molecule has 0 N–H and O–H groups in total. The number of nitrogens with zero attached hydrogens (tertiary/aromatic N) is 2. The Morgan fingerprint density at radius 1 is 1.04 bits per heavy atom. The molecule has 3 rings (SSSR count). The average Bonchev–Trinajstić information content (AvgIpc) is 2.62. The maximum absolute atomic E-state index is 13.4. The van der Waals surface area contributed by atoms with E-state index in [0.717, 1.165) is 38.6 Å². The lowest BCUT2D eigenvalue weighted by Gasteiger charge is -2.34. The first-order chi connectivity index (χ1) is 12.0. The molecule has 25 heavy (non-hydrogen) atoms. The van der Waals surface area contributed by atoms with Gasteiger partial charge in [0.1, 0.15) is 0 Å². The number of likely N-dealkylation sites (N-methyl/N-ethyl adjacent to an activating group) is 1. The van der Waals surface area contributed by atoms with E-state index in [2.05, 4.69) is 0 Å². The maximum atomic E-state index is 13.4. The van der Waals surface area contributed by atoms with Crippen LogP contribution < -0.4 is 0 Å². The van der Waals surface area contributed by atoms with Crippen LogP contribution in [0.15, 0.2) is 23.1 Å². The number of aryl methyl sites for hydroxylation is 2. The summed E-state index contributed by atoms with van der Waals surface area (Å²) in [5, 5.41) is 0. The van der Waals surface area contributed by atoms with Gasteiger partial charge in [-0.25, -0.2) is 8.42 Å². The highest BCUT2D eigenvalue weighted by atomic mass is 32.2. The Balaban J connectivity index is 1.89. The molecule has 1 aliphatic carbocycles. The van der Waals surface area contributed by atoms with Gasteiger partial charge in [-0.15, -0.1) is 0 Å². The summed E-state index contributed by atoms with van der Waals surface area (Å²) in [5.41, 5.74) is 2.53. The highest BCUT2D eigenvalue weighted by molar-refractivity contribution is 7.89. The second-order valence-corrected chi connectivity index (χ2v) is 9.29. The van der Waals surface area contributed by atoms with Crippen molar-refractivity contribution in [2.75, 3.05) is 40.4 Å². The summed E-state index contributed by atoms with van der Waals surface area (Å²) in [5.74, 6) is 0. The molecule has 0 bridgehead atoms. The minimum Gasteiger partial charge on any atom is -0.381 e. The largest absolute Gasteiger partial charge is 0.381 e. The molecule has 0 amide bonds. The van der Waals surface area contributed by atoms with Crippen LogP contribution >= 0.6 is 0 Å². The summed E-state index contributed by atoms with van der Waals surface area (Å²) in [4.78, 5) is 2.49. The standard InChI is InChI=1S/C19H30N2O3S/c1-20(2)11-12-21(18-9-13-24-14-10-18)25(22,23)19-8-7-16-5-3-4-6-17(16)15-19/h7-8,15,18H,3-6,9-14H2,1-2H3. The van der Waals surface area contributed by atoms with Gasteiger partial charge in [-0.1, -0.05) is 6.07 Å². The molecule has 1 heterocycles. The number of ether oxygens (including phenoxy) is 1. The predicted octanol–water partition coefficient (Wildman–Crippen LogP) is 2.30. The Morgan fingerprint density at radius 3 is 2.40 bits per heavy atom. The normalized spacial score (nSPS) is 19.4. The van der Waals surface area contributed by atoms with Crippen LogP contribution in [0.2, 0.25) is 0 Å². The molecule has 0 unspecified atom stereocenters. The molecule has 6 heteroatoms. The third kappa shape index (κ3) is 4.42. The molecule has 140 valence electrons. The highest BCUT2D eigenvalue weighted by Gasteiger charge is 2.33. The molecule has 1 aromatic carbocycles. The predicted molar refractivity (Wildman–Crippen MR) is 99.4 cm³/mol. The van der Waals surface area contributed by atoms with Crippen LogP contribution in [0.4, 0.5) is 0 Å². The molecule has 1 saturated heterocycles. The van der Waals surface area contributed by atoms with Crippen LogP contribution in [-0.2, 0) is 27.6 Å². The summed E-state index contributed by atoms with van der Waals surface area (Å²) in [6, 6.07) is 5.79. The van der Waals surface area contributed by atoms with Gasteiger partial charge in [0.15, 0.2) is 0 Å². The first-order valence-electron chi connectivity index (χ1n) is 9.34. The van der Waals surface area contributed by atoms with Crippen LogP contribution in [0.5, 0.6) is 0 Å². The summed E-state index contributed by atoms with van der Waals surface area (Å²) >= 11 is 0. The molecule has 1 aromatic rings. The number of hydrogen-bond acceptors (Lipinski definition) is 4. The van der Waals surface area contributed by atoms with E-state index in [1.165, 1.54) is 17.5 Å². The number of benzene rings is 1. The zero-order chi connectivity index (χ0) is 17.9. The molecule has 0 spiro atoms. The van der Waals surface area contributed by atoms with Gasteiger partial charge < -0.3 is 9.64 Å². The molecular weight excluding hydrogens is 336 g/mol. The second-order valence-electron chi connectivity index (χ2n) is 7.40. The summed E-state index contributed by atoms with van der Waals surface area (Å²) in [6.07, 6.45) is 5.97. The van der Waals surface area contributed by atoms with Crippen molar-refractivity contribution >= 4 is 10.0 Å². The maximum Gasteiger partial charge on any atom is 0.243 e. The smallest absolute Gasteiger partial charge is 0.243 e. The zero-order valence-electron chi connectivity index (χ0n) is 15.4. The quantitative estimate of drug-likeness (QED) is 0.775. The van der Waals surface area contributed by atoms with Crippen molar-refractivity contribution in [2.24, 2.45) is 0 Å². The minimum atomic E-state index is -3.48. The molecule has 0 saturated carbocycles. The SMILES string of the molecule is CN(C)CCN(C1CCOCC1)S(=O)(=O)c1ccc2c(c1)CCCC2. The van der Waals surface area contributed by atoms with E-state index in [1.807, 2.05) is 37.2 Å². The van der Waals surface area contributed by atoms with Gasteiger partial charge >= 0.3 is 0 Å². The molecule has 0 aromatic heterocycles. The highest BCUT2D eigenvalue weighted by Crippen LogP contribution is 2.28. The Morgan fingerprint density at radius 2 is 1.72 bits per heavy atom. The fourth-order valence-corrected chi connectivity index (χ4v) is 5.50. The van der Waals surface area contributed by atoms with Crippen molar-refractivity contribution in [1.29, 1.82) is 0 Å². The van der Waals surface area contributed by atoms with Crippen molar-refractivity contribution in [2.45, 2.75) is 49.5 Å². The molecule has 0 atom stereocenters. The molecule has 1 fully saturated rings. The van der Waals surface area contributed by atoms with E-state index < -0.39 is 10.0 Å². The van der Waals surface area contributed by atoms with Gasteiger partial charge in [0.2, 0.25) is 10.0 Å². The summed E-state index contributed by atoms with van der Waals surface area (Å²) in [6.45, 7) is 2.53. The number of fused-ring (bicyclic) bond motifs is 1. The number of hydrogen-bond donors (Lipinski definition) is 0. The molecule has 2 aliphatic rings. The van der Waals surface area contributed by atoms with E-state index in [1.54, 1.807) is 4.31 Å². The van der Waals surface area contributed by atoms with E-state index in [4.69, 9.17) is 4.74 Å². The van der Waals surface area contributed by atoms with Crippen molar-refractivity contribution in [1.82, 2.24) is 9.21 Å². The van der Waals surface area contributed by atoms with Gasteiger partial charge in [0.05, 0.1) is 4.90 Å². The zero-order valence-corrected chi connectivity index (χ0v) is 16.2. The van der Waals surface area contributed by atoms with E-state index in [-0.39, 0.29) is 6.04 Å². The van der Waals surface area contributed by atoms with Crippen LogP contribution in [0.1, 0.15) is 36.8 Å². The van der Waals surface area contributed by atoms with Crippen molar-refractivity contribution in [3.8, 4) is 0 Å². The fourth-order valence-electron chi connectivity index (χ4n) is 3.78. The summed E-state index contributed by atoms with van der Waals surface area (Å²) < 4.78 is 34.0. The lowest BCUT2D eigenvalue weighted by Crippen LogP contribution is -2.46. The number of sulfonamides is 1. The minimum absolute atomic E-state index is 0.0368. The van der Waals surface area contributed by atoms with Crippen molar-refractivity contribution in [3.63, 3.8) is 0 Å². The van der Waals surface area contributed by atoms with Gasteiger partial charge in [-0.3, -0.25) is 0 Å². The lowest BCUT2D eigenvalue weighted by molar-refractivity contribution is 0.0573. The first-order valence-corrected chi connectivity index (χ1v) is 10.8. The Hall–Kier alpha value is -0.950. The Bertz CT molecular complexity index is 682. The number of rotatable bonds is 6. The fraction of sp³-hybridized carbons (Fsp3) is 0.684. The topological polar surface area (TPSA) is 49.9 Å². The second kappa shape index (κ2) is 8.16. The average molecular weight is 367 g/mol. The Kier molecular flexibility index (Phi) is 6.15. The van der Waals surface area contributed by atoms with Crippen LogP contribution in [0.3, 0.4) is 0 Å². The van der Waals surface area contributed by atoms with Crippen LogP contribution in [0, 0.1) is 0 Å². The van der Waals surface area contributed by atoms with Gasteiger partial charge in [-0.2, -0.15) is 4.31 Å². The van der Waals surface area contributed by atoms with E-state index in [9.17, 15) is 8.42 Å². The van der Waals surface area contributed by atoms with Crippen LogP contribution in [-0.4, -0.2) is 64.1 Å². The Labute approximate surface area is 152 Å². The van der Waals surface area contributed by atoms with Gasteiger partial charge in [0.25, 0.3) is 0 Å². The third-order valence-corrected chi connectivity index (χ3v) is 7.24. The third-order valence-electron chi connectivity index (χ3n) is 5.29. The summed E-state index contributed by atoms with van der Waals surface area (Å²) in [7, 11) is 0.481. The van der Waals surface area contributed by atoms with E-state index >= 15 is 0 Å². The van der Waals surface area contributed by atoms with Gasteiger partial charge in [0, 0.05) is 32.3 Å². The lowest BCUT2D eigenvalue weighted by atomic mass is 9.92. The van der Waals surface area contributed by atoms with Crippen LogP contribution in [0.25, 0.3) is 0 Å². The van der Waals surface area contributed by atoms with E-state index in [0.29, 0.717) is 24.7 Å². The molecular formula is C19H30N2O3S. The van der Waals surface area contributed by atoms with Gasteiger partial charge in [-0.05, 0) is 75.9 Å².